The zero-order valence-electron chi connectivity index (χ0n) is 5.69. The Balaban J connectivity index is 3.28. The van der Waals surface area contributed by atoms with Crippen LogP contribution in [0.2, 0.25) is 0 Å². The van der Waals surface area contributed by atoms with Crippen molar-refractivity contribution in [2.75, 3.05) is 5.50 Å². The van der Waals surface area contributed by atoms with Crippen LogP contribution in [0.3, 0.4) is 0 Å². The predicted molar refractivity (Wildman–Crippen MR) is 40.2 cm³/mol. The highest BCUT2D eigenvalue weighted by molar-refractivity contribution is 6.46. The highest BCUT2D eigenvalue weighted by atomic mass is 35.5. The summed E-state index contributed by atoms with van der Waals surface area (Å²) in [4.78, 5) is 10.7. The van der Waals surface area contributed by atoms with E-state index in [0.29, 0.717) is 5.50 Å². The summed E-state index contributed by atoms with van der Waals surface area (Å²) in [6, 6.07) is 0. The summed E-state index contributed by atoms with van der Waals surface area (Å²) in [5.74, 6) is -0.136. The Kier molecular flexibility index (Phi) is 4.81. The third kappa shape index (κ3) is 4.48. The molecule has 0 saturated heterocycles. The van der Waals surface area contributed by atoms with Crippen LogP contribution in [0.15, 0.2) is 0 Å². The minimum atomic E-state index is -0.753. The molecule has 0 rings (SSSR count). The van der Waals surface area contributed by atoms with Crippen LogP contribution in [0.5, 0.6) is 0 Å². The van der Waals surface area contributed by atoms with Gasteiger partial charge in [0.15, 0.2) is 0 Å². The summed E-state index contributed by atoms with van der Waals surface area (Å²) >= 11 is 5.33. The summed E-state index contributed by atoms with van der Waals surface area (Å²) < 4.78 is 4.82. The molecule has 0 aliphatic rings. The molecule has 0 atom stereocenters. The molecule has 9 heavy (non-hydrogen) atoms. The van der Waals surface area contributed by atoms with E-state index in [2.05, 4.69) is 0 Å². The molecular formula is C5H11ClO2Si. The Labute approximate surface area is 62.5 Å². The maximum atomic E-state index is 10.7. The summed E-state index contributed by atoms with van der Waals surface area (Å²) in [5.41, 5.74) is 0.512. The smallest absolute Gasteiger partial charge is 0.294 e. The molecule has 0 aliphatic heterocycles. The van der Waals surface area contributed by atoms with Crippen molar-refractivity contribution in [1.29, 1.82) is 0 Å². The highest BCUT2D eigenvalue weighted by Gasteiger charge is 2.05. The van der Waals surface area contributed by atoms with Crippen molar-refractivity contribution in [1.82, 2.24) is 0 Å². The molecule has 0 unspecified atom stereocenters. The van der Waals surface area contributed by atoms with Gasteiger partial charge in [-0.15, -0.1) is 11.6 Å². The van der Waals surface area contributed by atoms with Gasteiger partial charge in [0.2, 0.25) is 9.76 Å². The summed E-state index contributed by atoms with van der Waals surface area (Å²) in [7, 11) is -0.753. The standard InChI is InChI=1S/C5H11ClO2Si/c1-4(2)5(7)8-9-3-6/h4H,3,9H2,1-2H3. The lowest BCUT2D eigenvalue weighted by Crippen LogP contribution is -2.15. The number of halogens is 1. The molecule has 0 aliphatic carbocycles. The van der Waals surface area contributed by atoms with Crippen LogP contribution in [-0.4, -0.2) is 21.2 Å². The molecule has 4 heteroatoms. The first-order valence-corrected chi connectivity index (χ1v) is 5.02. The third-order valence-electron chi connectivity index (χ3n) is 0.793. The molecule has 0 heterocycles. The molecule has 0 radical (unpaired) electrons. The number of carbonyl (C=O) groups is 1. The highest BCUT2D eigenvalue weighted by Crippen LogP contribution is 1.94. The molecule has 0 spiro atoms. The molecule has 54 valence electrons. The second kappa shape index (κ2) is 4.82. The molecule has 0 aromatic carbocycles. The van der Waals surface area contributed by atoms with E-state index >= 15 is 0 Å². The number of rotatable bonds is 3. The zero-order chi connectivity index (χ0) is 7.28. The lowest BCUT2D eigenvalue weighted by atomic mass is 10.2. The van der Waals surface area contributed by atoms with Gasteiger partial charge in [-0.3, -0.25) is 4.79 Å². The Morgan fingerprint density at radius 3 is 2.67 bits per heavy atom. The number of hydrogen-bond donors (Lipinski definition) is 0. The number of hydrogen-bond acceptors (Lipinski definition) is 2. The van der Waals surface area contributed by atoms with Crippen LogP contribution in [0.25, 0.3) is 0 Å². The molecule has 0 saturated carbocycles. The average molecular weight is 167 g/mol. The number of alkyl halides is 1. The van der Waals surface area contributed by atoms with Crippen LogP contribution in [0.4, 0.5) is 0 Å². The maximum absolute atomic E-state index is 10.7. The van der Waals surface area contributed by atoms with Gasteiger partial charge in [0.25, 0.3) is 5.97 Å². The molecule has 0 aromatic heterocycles. The number of carbonyl (C=O) groups excluding carboxylic acids is 1. The quantitative estimate of drug-likeness (QED) is 0.450. The molecule has 0 N–H and O–H groups in total. The van der Waals surface area contributed by atoms with Crippen molar-refractivity contribution < 1.29 is 9.22 Å². The first-order valence-electron chi connectivity index (χ1n) is 2.91. The minimum absolute atomic E-state index is 0.0132. The minimum Gasteiger partial charge on any atom is -0.524 e. The predicted octanol–water partition coefficient (Wildman–Crippen LogP) is 0.466. The van der Waals surface area contributed by atoms with Crippen LogP contribution in [0.1, 0.15) is 13.8 Å². The van der Waals surface area contributed by atoms with Crippen molar-refractivity contribution >= 4 is 27.3 Å². The molecule has 0 bridgehead atoms. The largest absolute Gasteiger partial charge is 0.524 e. The van der Waals surface area contributed by atoms with Gasteiger partial charge in [-0.2, -0.15) is 0 Å². The van der Waals surface area contributed by atoms with E-state index in [0.717, 1.165) is 0 Å². The van der Waals surface area contributed by atoms with E-state index in [1.54, 1.807) is 0 Å². The molecule has 0 aromatic rings. The van der Waals surface area contributed by atoms with Gasteiger partial charge in [-0.1, -0.05) is 13.8 Å². The zero-order valence-corrected chi connectivity index (χ0v) is 7.86. The van der Waals surface area contributed by atoms with Gasteiger partial charge < -0.3 is 4.43 Å². The van der Waals surface area contributed by atoms with Crippen LogP contribution in [-0.2, 0) is 9.22 Å². The van der Waals surface area contributed by atoms with Gasteiger partial charge in [0.05, 0.1) is 0 Å². The first kappa shape index (κ1) is 8.98. The van der Waals surface area contributed by atoms with E-state index in [1.807, 2.05) is 13.8 Å². The van der Waals surface area contributed by atoms with E-state index < -0.39 is 9.76 Å². The van der Waals surface area contributed by atoms with Crippen LogP contribution >= 0.6 is 11.6 Å². The van der Waals surface area contributed by atoms with Crippen LogP contribution < -0.4 is 0 Å². The Bertz CT molecular complexity index is 95.0. The lowest BCUT2D eigenvalue weighted by molar-refractivity contribution is -0.137. The summed E-state index contributed by atoms with van der Waals surface area (Å²) in [6.45, 7) is 3.62. The Morgan fingerprint density at radius 1 is 1.78 bits per heavy atom. The van der Waals surface area contributed by atoms with Gasteiger partial charge >= 0.3 is 0 Å². The van der Waals surface area contributed by atoms with Crippen molar-refractivity contribution in [3.05, 3.63) is 0 Å². The van der Waals surface area contributed by atoms with Gasteiger partial charge in [-0.25, -0.2) is 0 Å². The molecular weight excluding hydrogens is 156 g/mol. The fraction of sp³-hybridized carbons (Fsp3) is 0.800. The normalized spacial score (nSPS) is 11.1. The van der Waals surface area contributed by atoms with Crippen molar-refractivity contribution in [2.45, 2.75) is 13.8 Å². The van der Waals surface area contributed by atoms with Crippen molar-refractivity contribution in [2.24, 2.45) is 5.92 Å². The van der Waals surface area contributed by atoms with E-state index in [1.165, 1.54) is 0 Å². The monoisotopic (exact) mass is 166 g/mol. The van der Waals surface area contributed by atoms with Gasteiger partial charge in [-0.05, 0) is 0 Å². The topological polar surface area (TPSA) is 26.3 Å². The SMILES string of the molecule is CC(C)C(=O)O[SiH2]CCl. The maximum Gasteiger partial charge on any atom is 0.294 e. The summed E-state index contributed by atoms with van der Waals surface area (Å²) in [6.07, 6.45) is 0. The Hall–Kier alpha value is -0.0231. The van der Waals surface area contributed by atoms with Gasteiger partial charge in [0.1, 0.15) is 0 Å². The van der Waals surface area contributed by atoms with Crippen molar-refractivity contribution in [3.63, 3.8) is 0 Å². The third-order valence-corrected chi connectivity index (χ3v) is 1.90. The van der Waals surface area contributed by atoms with Crippen LogP contribution in [0, 0.1) is 5.92 Å². The summed E-state index contributed by atoms with van der Waals surface area (Å²) in [5, 5.41) is 0. The molecule has 2 nitrogen and oxygen atoms in total. The fourth-order valence-electron chi connectivity index (χ4n) is 0.306. The molecule has 0 fully saturated rings. The second-order valence-electron chi connectivity index (χ2n) is 2.01. The second-order valence-corrected chi connectivity index (χ2v) is 4.22. The first-order chi connectivity index (χ1) is 4.18. The Morgan fingerprint density at radius 2 is 2.33 bits per heavy atom. The fourth-order valence-corrected chi connectivity index (χ4v) is 1.15. The van der Waals surface area contributed by atoms with Crippen molar-refractivity contribution in [3.8, 4) is 0 Å². The van der Waals surface area contributed by atoms with E-state index in [4.69, 9.17) is 16.0 Å². The van der Waals surface area contributed by atoms with E-state index in [-0.39, 0.29) is 11.9 Å². The van der Waals surface area contributed by atoms with Gasteiger partial charge in [0, 0.05) is 11.4 Å². The lowest BCUT2D eigenvalue weighted by Gasteiger charge is -2.03. The van der Waals surface area contributed by atoms with E-state index in [9.17, 15) is 4.79 Å². The average Bonchev–Trinajstić information content (AvgIpc) is 1.82. The molecule has 0 amide bonds.